The number of ether oxygens (including phenoxy) is 2. The molecule has 2 aromatic heterocycles. The first kappa shape index (κ1) is 21.9. The van der Waals surface area contributed by atoms with Crippen molar-refractivity contribution in [2.45, 2.75) is 23.9 Å². The second-order valence-electron chi connectivity index (χ2n) is 7.52. The van der Waals surface area contributed by atoms with Crippen LogP contribution in [0.4, 0.5) is 4.39 Å². The minimum absolute atomic E-state index is 0.151. The molecule has 8 nitrogen and oxygen atoms in total. The van der Waals surface area contributed by atoms with Gasteiger partial charge in [0.15, 0.2) is 22.5 Å². The van der Waals surface area contributed by atoms with Gasteiger partial charge in [0.2, 0.25) is 12.7 Å². The summed E-state index contributed by atoms with van der Waals surface area (Å²) in [5, 5.41) is 11.7. The topological polar surface area (TPSA) is 91.2 Å². The van der Waals surface area contributed by atoms with E-state index in [9.17, 15) is 9.18 Å². The molecule has 172 valence electrons. The van der Waals surface area contributed by atoms with E-state index < -0.39 is 5.25 Å². The number of nitrogens with zero attached hydrogens (tertiary/aromatic N) is 4. The van der Waals surface area contributed by atoms with Gasteiger partial charge in [-0.15, -0.1) is 10.2 Å². The van der Waals surface area contributed by atoms with Crippen LogP contribution in [-0.2, 0) is 11.3 Å². The van der Waals surface area contributed by atoms with Gasteiger partial charge < -0.3 is 14.8 Å². The Morgan fingerprint density at radius 3 is 2.65 bits per heavy atom. The van der Waals surface area contributed by atoms with Crippen LogP contribution in [0.1, 0.15) is 12.5 Å². The fourth-order valence-corrected chi connectivity index (χ4v) is 4.34. The van der Waals surface area contributed by atoms with Crippen LogP contribution >= 0.6 is 11.8 Å². The molecule has 0 unspecified atom stereocenters. The Bertz CT molecular complexity index is 1310. The molecule has 0 aliphatic carbocycles. The lowest BCUT2D eigenvalue weighted by Gasteiger charge is -2.14. The first-order valence-electron chi connectivity index (χ1n) is 10.5. The normalized spacial score (nSPS) is 13.0. The lowest BCUT2D eigenvalue weighted by molar-refractivity contribution is -0.120. The number of hydrogen-bond donors (Lipinski definition) is 1. The zero-order chi connectivity index (χ0) is 23.5. The molecule has 0 spiro atoms. The van der Waals surface area contributed by atoms with Crippen molar-refractivity contribution in [3.05, 3.63) is 78.4 Å². The van der Waals surface area contributed by atoms with Crippen LogP contribution in [0.3, 0.4) is 0 Å². The second kappa shape index (κ2) is 9.52. The molecule has 34 heavy (non-hydrogen) atoms. The molecule has 0 fully saturated rings. The summed E-state index contributed by atoms with van der Waals surface area (Å²) in [5.41, 5.74) is 2.40. The van der Waals surface area contributed by atoms with Gasteiger partial charge in [0.25, 0.3) is 0 Å². The van der Waals surface area contributed by atoms with Gasteiger partial charge in [-0.25, -0.2) is 4.39 Å². The number of thioether (sulfide) groups is 1. The summed E-state index contributed by atoms with van der Waals surface area (Å²) in [6.07, 6.45) is 3.33. The molecular weight excluding hydrogens is 457 g/mol. The minimum Gasteiger partial charge on any atom is -0.454 e. The quantitative estimate of drug-likeness (QED) is 0.403. The predicted octanol–water partition coefficient (Wildman–Crippen LogP) is 3.99. The molecule has 10 heteroatoms. The third kappa shape index (κ3) is 4.58. The van der Waals surface area contributed by atoms with E-state index in [4.69, 9.17) is 9.47 Å². The van der Waals surface area contributed by atoms with E-state index in [-0.39, 0.29) is 18.5 Å². The SMILES string of the molecule is C[C@H](Sc1nnc(-c2ccncc2)n1-c1ccc(F)cc1)C(=O)NCc1ccc2c(c1)OCO2. The third-order valence-corrected chi connectivity index (χ3v) is 6.25. The molecule has 1 aliphatic heterocycles. The average Bonchev–Trinajstić information content (AvgIpc) is 3.50. The summed E-state index contributed by atoms with van der Waals surface area (Å²) in [4.78, 5) is 16.9. The van der Waals surface area contributed by atoms with Gasteiger partial charge in [0.05, 0.1) is 5.25 Å². The molecule has 1 atom stereocenters. The Labute approximate surface area is 199 Å². The van der Waals surface area contributed by atoms with Crippen molar-refractivity contribution in [3.8, 4) is 28.6 Å². The van der Waals surface area contributed by atoms with Crippen molar-refractivity contribution in [2.75, 3.05) is 6.79 Å². The molecule has 3 heterocycles. The van der Waals surface area contributed by atoms with Gasteiger partial charge in [-0.05, 0) is 61.0 Å². The monoisotopic (exact) mass is 477 g/mol. The van der Waals surface area contributed by atoms with Gasteiger partial charge in [0.1, 0.15) is 5.82 Å². The highest BCUT2D eigenvalue weighted by atomic mass is 32.2. The molecule has 1 N–H and O–H groups in total. The fourth-order valence-electron chi connectivity index (χ4n) is 3.45. The number of rotatable bonds is 7. The summed E-state index contributed by atoms with van der Waals surface area (Å²) >= 11 is 1.27. The second-order valence-corrected chi connectivity index (χ2v) is 8.83. The Kier molecular flexibility index (Phi) is 6.13. The van der Waals surface area contributed by atoms with Crippen LogP contribution in [0.25, 0.3) is 17.1 Å². The van der Waals surface area contributed by atoms with E-state index in [0.29, 0.717) is 34.7 Å². The van der Waals surface area contributed by atoms with Crippen molar-refractivity contribution >= 4 is 17.7 Å². The maximum atomic E-state index is 13.5. The van der Waals surface area contributed by atoms with E-state index >= 15 is 0 Å². The standard InChI is InChI=1S/C24H20FN5O3S/c1-15(23(31)27-13-16-2-7-20-21(12-16)33-14-32-20)34-24-29-28-22(17-8-10-26-11-9-17)30(24)19-5-3-18(25)4-6-19/h2-12,15H,13-14H2,1H3,(H,27,31)/t15-/m0/s1. The van der Waals surface area contributed by atoms with E-state index in [1.165, 1.54) is 23.9 Å². The van der Waals surface area contributed by atoms with Crippen LogP contribution < -0.4 is 14.8 Å². The van der Waals surface area contributed by atoms with Crippen LogP contribution in [0.5, 0.6) is 11.5 Å². The Morgan fingerprint density at radius 1 is 1.09 bits per heavy atom. The van der Waals surface area contributed by atoms with Crippen molar-refractivity contribution in [1.29, 1.82) is 0 Å². The highest BCUT2D eigenvalue weighted by Gasteiger charge is 2.22. The van der Waals surface area contributed by atoms with Crippen molar-refractivity contribution < 1.29 is 18.7 Å². The first-order chi connectivity index (χ1) is 16.6. The highest BCUT2D eigenvalue weighted by Crippen LogP contribution is 2.33. The van der Waals surface area contributed by atoms with E-state index in [1.807, 2.05) is 30.3 Å². The van der Waals surface area contributed by atoms with Gasteiger partial charge in [-0.2, -0.15) is 0 Å². The highest BCUT2D eigenvalue weighted by molar-refractivity contribution is 8.00. The lowest BCUT2D eigenvalue weighted by atomic mass is 10.2. The minimum atomic E-state index is -0.456. The molecular formula is C24H20FN5O3S. The Hall–Kier alpha value is -3.92. The number of nitrogens with one attached hydrogen (secondary N) is 1. The third-order valence-electron chi connectivity index (χ3n) is 5.21. The number of halogens is 1. The van der Waals surface area contributed by atoms with E-state index in [0.717, 1.165) is 11.1 Å². The average molecular weight is 478 g/mol. The van der Waals surface area contributed by atoms with E-state index in [1.54, 1.807) is 36.0 Å². The Balaban J connectivity index is 1.34. The Morgan fingerprint density at radius 2 is 1.85 bits per heavy atom. The smallest absolute Gasteiger partial charge is 0.233 e. The van der Waals surface area contributed by atoms with Gasteiger partial charge >= 0.3 is 0 Å². The summed E-state index contributed by atoms with van der Waals surface area (Å²) in [7, 11) is 0. The van der Waals surface area contributed by atoms with Crippen LogP contribution in [0.2, 0.25) is 0 Å². The van der Waals surface area contributed by atoms with Crippen LogP contribution in [0.15, 0.2) is 72.1 Å². The lowest BCUT2D eigenvalue weighted by Crippen LogP contribution is -2.30. The molecule has 1 aliphatic rings. The van der Waals surface area contributed by atoms with Gasteiger partial charge in [0, 0.05) is 30.2 Å². The summed E-state index contributed by atoms with van der Waals surface area (Å²) in [6.45, 7) is 2.36. The summed E-state index contributed by atoms with van der Waals surface area (Å²) < 4.78 is 26.1. The molecule has 0 radical (unpaired) electrons. The number of benzene rings is 2. The first-order valence-corrected chi connectivity index (χ1v) is 11.4. The number of hydrogen-bond acceptors (Lipinski definition) is 7. The largest absolute Gasteiger partial charge is 0.454 e. The number of carbonyl (C=O) groups is 1. The number of amides is 1. The number of fused-ring (bicyclic) bond motifs is 1. The summed E-state index contributed by atoms with van der Waals surface area (Å²) in [5.74, 6) is 1.45. The maximum Gasteiger partial charge on any atom is 0.233 e. The molecule has 5 rings (SSSR count). The maximum absolute atomic E-state index is 13.5. The van der Waals surface area contributed by atoms with Gasteiger partial charge in [-0.3, -0.25) is 14.3 Å². The zero-order valence-electron chi connectivity index (χ0n) is 18.1. The zero-order valence-corrected chi connectivity index (χ0v) is 19.0. The fraction of sp³-hybridized carbons (Fsp3) is 0.167. The van der Waals surface area contributed by atoms with E-state index in [2.05, 4.69) is 20.5 Å². The molecule has 0 saturated heterocycles. The molecule has 4 aromatic rings. The molecule has 2 aromatic carbocycles. The van der Waals surface area contributed by atoms with Gasteiger partial charge in [-0.1, -0.05) is 17.8 Å². The van der Waals surface area contributed by atoms with Crippen LogP contribution in [0, 0.1) is 5.82 Å². The number of carbonyl (C=O) groups excluding carboxylic acids is 1. The molecule has 0 bridgehead atoms. The number of pyridine rings is 1. The predicted molar refractivity (Wildman–Crippen MR) is 124 cm³/mol. The number of aromatic nitrogens is 4. The summed E-state index contributed by atoms with van der Waals surface area (Å²) in [6, 6.07) is 15.3. The van der Waals surface area contributed by atoms with Crippen LogP contribution in [-0.4, -0.2) is 37.7 Å². The molecule has 1 amide bonds. The van der Waals surface area contributed by atoms with Crippen molar-refractivity contribution in [1.82, 2.24) is 25.1 Å². The van der Waals surface area contributed by atoms with Crippen molar-refractivity contribution in [3.63, 3.8) is 0 Å². The molecule has 0 saturated carbocycles. The van der Waals surface area contributed by atoms with Crippen molar-refractivity contribution in [2.24, 2.45) is 0 Å².